The fraction of sp³-hybridized carbons (Fsp3) is 0.219. The van der Waals surface area contributed by atoms with Gasteiger partial charge in [0.05, 0.1) is 11.3 Å². The molecule has 2 aliphatic heterocycles. The molecule has 0 aliphatic carbocycles. The van der Waals surface area contributed by atoms with Crippen LogP contribution in [0.15, 0.2) is 84.9 Å². The molecule has 0 unspecified atom stereocenters. The van der Waals surface area contributed by atoms with Crippen molar-refractivity contribution in [2.24, 2.45) is 0 Å². The first-order valence-electron chi connectivity index (χ1n) is 13.4. The molecule has 10 heteroatoms. The van der Waals surface area contributed by atoms with Crippen molar-refractivity contribution in [1.29, 1.82) is 0 Å². The number of alkyl halides is 3. The predicted octanol–water partition coefficient (Wildman–Crippen LogP) is 6.48. The zero-order valence-corrected chi connectivity index (χ0v) is 23.2. The number of likely N-dealkylation sites (tertiary alicyclic amines) is 1. The Morgan fingerprint density at radius 3 is 2.19 bits per heavy atom. The van der Waals surface area contributed by atoms with Crippen molar-refractivity contribution in [3.8, 4) is 0 Å². The van der Waals surface area contributed by atoms with E-state index in [1.807, 2.05) is 18.2 Å². The van der Waals surface area contributed by atoms with Gasteiger partial charge in [-0.15, -0.1) is 12.4 Å². The van der Waals surface area contributed by atoms with Crippen molar-refractivity contribution < 1.29 is 27.6 Å². The van der Waals surface area contributed by atoms with Gasteiger partial charge in [-0.05, 0) is 60.2 Å². The summed E-state index contributed by atoms with van der Waals surface area (Å²) >= 11 is 0. The standard InChI is InChI=1S/C32H26F3N3O3.ClH/c33-32(34,35)21-8-4-9-23(18-21)38-30(40)26-11-5-10-24-25(12-13-27(28(24)26)31(38)41)29(39)36-22-14-16-37(17-15-22)19-20-6-2-1-3-7-20;/h1-13,18,22H,14-17,19H2,(H,36,39);1H. The van der Waals surface area contributed by atoms with Crippen LogP contribution in [-0.2, 0) is 12.7 Å². The molecule has 1 N–H and O–H groups in total. The second-order valence-electron chi connectivity index (χ2n) is 10.4. The molecule has 1 fully saturated rings. The number of halogens is 4. The van der Waals surface area contributed by atoms with Crippen LogP contribution in [0.4, 0.5) is 18.9 Å². The van der Waals surface area contributed by atoms with Gasteiger partial charge in [-0.2, -0.15) is 13.2 Å². The summed E-state index contributed by atoms with van der Waals surface area (Å²) in [6, 6.07) is 22.2. The van der Waals surface area contributed by atoms with E-state index in [1.165, 1.54) is 23.8 Å². The van der Waals surface area contributed by atoms with Crippen LogP contribution >= 0.6 is 12.4 Å². The van der Waals surface area contributed by atoms with Crippen LogP contribution < -0.4 is 10.2 Å². The largest absolute Gasteiger partial charge is 0.416 e. The Kier molecular flexibility index (Phi) is 8.08. The summed E-state index contributed by atoms with van der Waals surface area (Å²) in [6.07, 6.45) is -3.04. The number of carbonyl (C=O) groups excluding carboxylic acids is 3. The quantitative estimate of drug-likeness (QED) is 0.269. The molecule has 2 aliphatic rings. The van der Waals surface area contributed by atoms with Crippen molar-refractivity contribution in [1.82, 2.24) is 10.2 Å². The lowest BCUT2D eigenvalue weighted by atomic mass is 9.90. The molecule has 0 spiro atoms. The fourth-order valence-corrected chi connectivity index (χ4v) is 5.69. The van der Waals surface area contributed by atoms with E-state index in [0.717, 1.165) is 55.6 Å². The van der Waals surface area contributed by atoms with E-state index in [4.69, 9.17) is 0 Å². The van der Waals surface area contributed by atoms with Crippen LogP contribution in [0.25, 0.3) is 10.8 Å². The maximum Gasteiger partial charge on any atom is 0.416 e. The Bertz CT molecular complexity index is 1650. The van der Waals surface area contributed by atoms with E-state index in [1.54, 1.807) is 18.2 Å². The summed E-state index contributed by atoms with van der Waals surface area (Å²) in [5, 5.41) is 3.89. The minimum Gasteiger partial charge on any atom is -0.349 e. The smallest absolute Gasteiger partial charge is 0.349 e. The number of anilines is 1. The van der Waals surface area contributed by atoms with Gasteiger partial charge in [0.1, 0.15) is 0 Å². The van der Waals surface area contributed by atoms with Crippen LogP contribution in [0.5, 0.6) is 0 Å². The van der Waals surface area contributed by atoms with Gasteiger partial charge in [0, 0.05) is 47.8 Å². The Labute approximate surface area is 246 Å². The van der Waals surface area contributed by atoms with Gasteiger partial charge >= 0.3 is 6.18 Å². The monoisotopic (exact) mass is 593 g/mol. The molecule has 0 bridgehead atoms. The maximum absolute atomic E-state index is 13.5. The van der Waals surface area contributed by atoms with Gasteiger partial charge in [-0.25, -0.2) is 4.90 Å². The molecule has 1 saturated heterocycles. The first-order valence-corrected chi connectivity index (χ1v) is 13.4. The number of piperidine rings is 1. The summed E-state index contributed by atoms with van der Waals surface area (Å²) in [6.45, 7) is 2.55. The molecule has 4 aromatic carbocycles. The highest BCUT2D eigenvalue weighted by Gasteiger charge is 2.37. The van der Waals surface area contributed by atoms with Gasteiger partial charge in [-0.1, -0.05) is 48.5 Å². The second kappa shape index (κ2) is 11.6. The van der Waals surface area contributed by atoms with E-state index >= 15 is 0 Å². The van der Waals surface area contributed by atoms with Gasteiger partial charge in [0.2, 0.25) is 0 Å². The van der Waals surface area contributed by atoms with Crippen molar-refractivity contribution in [3.63, 3.8) is 0 Å². The molecule has 6 nitrogen and oxygen atoms in total. The Morgan fingerprint density at radius 2 is 1.50 bits per heavy atom. The van der Waals surface area contributed by atoms with E-state index < -0.39 is 23.6 Å². The average molecular weight is 594 g/mol. The lowest BCUT2D eigenvalue weighted by Crippen LogP contribution is -2.44. The van der Waals surface area contributed by atoms with E-state index in [9.17, 15) is 27.6 Å². The van der Waals surface area contributed by atoms with E-state index in [-0.39, 0.29) is 41.2 Å². The molecule has 4 aromatic rings. The molecule has 0 atom stereocenters. The number of nitrogens with zero attached hydrogens (tertiary/aromatic N) is 2. The van der Waals surface area contributed by atoms with Gasteiger partial charge in [-0.3, -0.25) is 19.3 Å². The lowest BCUT2D eigenvalue weighted by Gasteiger charge is -2.32. The van der Waals surface area contributed by atoms with Gasteiger partial charge in [0.25, 0.3) is 17.7 Å². The molecule has 216 valence electrons. The number of nitrogens with one attached hydrogen (secondary N) is 1. The highest BCUT2D eigenvalue weighted by Crippen LogP contribution is 2.37. The van der Waals surface area contributed by atoms with Crippen LogP contribution in [-0.4, -0.2) is 41.8 Å². The fourth-order valence-electron chi connectivity index (χ4n) is 5.69. The first-order chi connectivity index (χ1) is 19.7. The Morgan fingerprint density at radius 1 is 0.833 bits per heavy atom. The summed E-state index contributed by atoms with van der Waals surface area (Å²) in [7, 11) is 0. The van der Waals surface area contributed by atoms with Crippen molar-refractivity contribution in [3.05, 3.63) is 113 Å². The topological polar surface area (TPSA) is 69.7 Å². The van der Waals surface area contributed by atoms with Crippen molar-refractivity contribution >= 4 is 46.6 Å². The normalized spacial score (nSPS) is 15.9. The average Bonchev–Trinajstić information content (AvgIpc) is 2.97. The second-order valence-corrected chi connectivity index (χ2v) is 10.4. The lowest BCUT2D eigenvalue weighted by molar-refractivity contribution is -0.137. The SMILES string of the molecule is Cl.O=C(NC1CCN(Cc2ccccc2)CC1)c1ccc2c3c(cccc13)C(=O)N(c1cccc(C(F)(F)F)c1)C2=O. The zero-order valence-electron chi connectivity index (χ0n) is 22.4. The molecule has 0 saturated carbocycles. The minimum absolute atomic E-state index is 0. The van der Waals surface area contributed by atoms with Crippen LogP contribution in [0, 0.1) is 0 Å². The summed E-state index contributed by atoms with van der Waals surface area (Å²) in [5.41, 5.74) is 0.757. The van der Waals surface area contributed by atoms with Crippen molar-refractivity contribution in [2.75, 3.05) is 18.0 Å². The summed E-state index contributed by atoms with van der Waals surface area (Å²) in [5.74, 6) is -1.78. The molecule has 6 rings (SSSR count). The highest BCUT2D eigenvalue weighted by atomic mass is 35.5. The molecular weight excluding hydrogens is 567 g/mol. The highest BCUT2D eigenvalue weighted by molar-refractivity contribution is 6.36. The number of rotatable bonds is 5. The molecule has 42 heavy (non-hydrogen) atoms. The van der Waals surface area contributed by atoms with Crippen LogP contribution in [0.1, 0.15) is 55.0 Å². The maximum atomic E-state index is 13.5. The third-order valence-corrected chi connectivity index (χ3v) is 7.76. The predicted molar refractivity (Wildman–Crippen MR) is 156 cm³/mol. The Hall–Kier alpha value is -4.21. The Balaban J connectivity index is 0.00000353. The van der Waals surface area contributed by atoms with Gasteiger partial charge in [0.15, 0.2) is 0 Å². The van der Waals surface area contributed by atoms with Crippen LogP contribution in [0.3, 0.4) is 0 Å². The third kappa shape index (κ3) is 5.49. The number of imide groups is 1. The minimum atomic E-state index is -4.63. The molecule has 2 heterocycles. The summed E-state index contributed by atoms with van der Waals surface area (Å²) in [4.78, 5) is 43.4. The first kappa shape index (κ1) is 29.3. The number of hydrogen-bond acceptors (Lipinski definition) is 4. The van der Waals surface area contributed by atoms with E-state index in [2.05, 4.69) is 22.3 Å². The number of amides is 3. The molecule has 3 amide bonds. The molecule has 0 radical (unpaired) electrons. The third-order valence-electron chi connectivity index (χ3n) is 7.76. The number of benzene rings is 4. The van der Waals surface area contributed by atoms with Gasteiger partial charge < -0.3 is 5.32 Å². The molecule has 0 aromatic heterocycles. The van der Waals surface area contributed by atoms with E-state index in [0.29, 0.717) is 16.3 Å². The molecular formula is C32H27ClF3N3O3. The van der Waals surface area contributed by atoms with Crippen molar-refractivity contribution in [2.45, 2.75) is 31.6 Å². The zero-order chi connectivity index (χ0) is 28.7. The van der Waals surface area contributed by atoms with Crippen LogP contribution in [0.2, 0.25) is 0 Å². The summed E-state index contributed by atoms with van der Waals surface area (Å²) < 4.78 is 40.0. The number of carbonyl (C=O) groups is 3. The number of hydrogen-bond donors (Lipinski definition) is 1.